The van der Waals surface area contributed by atoms with Crippen LogP contribution in [0, 0.1) is 11.3 Å². The summed E-state index contributed by atoms with van der Waals surface area (Å²) >= 11 is 0. The Morgan fingerprint density at radius 1 is 1.23 bits per heavy atom. The molecule has 0 bridgehead atoms. The van der Waals surface area contributed by atoms with Gasteiger partial charge in [-0.1, -0.05) is 0 Å². The summed E-state index contributed by atoms with van der Waals surface area (Å²) in [6.07, 6.45) is -3.00. The van der Waals surface area contributed by atoms with Gasteiger partial charge in [-0.05, 0) is 42.9 Å². The predicted octanol–water partition coefficient (Wildman–Crippen LogP) is 2.65. The molecular formula is C17H18F3NO4S. The molecule has 5 nitrogen and oxygen atoms in total. The van der Waals surface area contributed by atoms with Gasteiger partial charge in [-0.2, -0.15) is 13.2 Å². The number of alkyl halides is 3. The predicted molar refractivity (Wildman–Crippen MR) is 87.7 cm³/mol. The second-order valence-corrected chi connectivity index (χ2v) is 9.59. The third-order valence-corrected chi connectivity index (χ3v) is 7.38. The molecule has 1 saturated heterocycles. The highest BCUT2D eigenvalue weighted by molar-refractivity contribution is 7.91. The molecule has 1 spiro atoms. The molecule has 3 aliphatic rings. The molecule has 0 N–H and O–H groups in total. The van der Waals surface area contributed by atoms with Gasteiger partial charge in [0.15, 0.2) is 0 Å². The number of nitrogens with zero attached hydrogens (tertiary/aromatic N) is 1. The highest BCUT2D eigenvalue weighted by Crippen LogP contribution is 2.60. The molecule has 142 valence electrons. The van der Waals surface area contributed by atoms with E-state index in [0.29, 0.717) is 19.3 Å². The maximum atomic E-state index is 13.0. The van der Waals surface area contributed by atoms with Gasteiger partial charge < -0.3 is 9.64 Å². The Bertz CT molecular complexity index is 851. The molecule has 1 aromatic rings. The number of hydrogen-bond acceptors (Lipinski definition) is 4. The summed E-state index contributed by atoms with van der Waals surface area (Å²) in [6, 6.07) is 3.14. The summed E-state index contributed by atoms with van der Waals surface area (Å²) in [5, 5.41) is 0. The van der Waals surface area contributed by atoms with Crippen molar-refractivity contribution in [2.75, 3.05) is 29.6 Å². The van der Waals surface area contributed by atoms with Gasteiger partial charge in [0, 0.05) is 5.92 Å². The van der Waals surface area contributed by atoms with Crippen LogP contribution in [0.25, 0.3) is 0 Å². The number of halogens is 3. The maximum absolute atomic E-state index is 13.0. The highest BCUT2D eigenvalue weighted by Gasteiger charge is 2.60. The fraction of sp³-hybridized carbons (Fsp3) is 0.588. The molecule has 9 heteroatoms. The zero-order valence-electron chi connectivity index (χ0n) is 13.9. The van der Waals surface area contributed by atoms with Crippen molar-refractivity contribution in [3.63, 3.8) is 0 Å². The van der Waals surface area contributed by atoms with E-state index in [1.807, 2.05) is 0 Å². The van der Waals surface area contributed by atoms with E-state index in [1.165, 1.54) is 11.0 Å². The monoisotopic (exact) mass is 389 g/mol. The molecule has 0 radical (unpaired) electrons. The van der Waals surface area contributed by atoms with Crippen molar-refractivity contribution in [1.82, 2.24) is 0 Å². The minimum Gasteiger partial charge on any atom is -0.490 e. The third-order valence-electron chi connectivity index (χ3n) is 5.73. The minimum absolute atomic E-state index is 0.0781. The lowest BCUT2D eigenvalue weighted by Gasteiger charge is -2.31. The Morgan fingerprint density at radius 2 is 1.92 bits per heavy atom. The molecule has 2 fully saturated rings. The van der Waals surface area contributed by atoms with Gasteiger partial charge in [0.2, 0.25) is 5.91 Å². The van der Waals surface area contributed by atoms with E-state index in [0.717, 1.165) is 12.1 Å². The van der Waals surface area contributed by atoms with Gasteiger partial charge in [0.05, 0.1) is 29.3 Å². The first-order valence-corrected chi connectivity index (χ1v) is 10.3. The Kier molecular flexibility index (Phi) is 3.81. The molecule has 4 rings (SSSR count). The number of anilines is 1. The summed E-state index contributed by atoms with van der Waals surface area (Å²) in [4.78, 5) is 14.3. The van der Waals surface area contributed by atoms with Crippen LogP contribution in [0.5, 0.6) is 5.75 Å². The third kappa shape index (κ3) is 2.95. The molecule has 1 saturated carbocycles. The van der Waals surface area contributed by atoms with E-state index in [-0.39, 0.29) is 53.3 Å². The Balaban J connectivity index is 1.58. The van der Waals surface area contributed by atoms with E-state index in [9.17, 15) is 26.4 Å². The number of sulfone groups is 1. The normalized spacial score (nSPS) is 26.1. The average molecular weight is 389 g/mol. The second-order valence-electron chi connectivity index (χ2n) is 7.29. The lowest BCUT2D eigenvalue weighted by atomic mass is 9.95. The highest BCUT2D eigenvalue weighted by atomic mass is 32.2. The van der Waals surface area contributed by atoms with Crippen LogP contribution in [0.15, 0.2) is 18.2 Å². The van der Waals surface area contributed by atoms with Crippen molar-refractivity contribution in [3.05, 3.63) is 23.8 Å². The number of rotatable bonds is 1. The van der Waals surface area contributed by atoms with Gasteiger partial charge >= 0.3 is 6.18 Å². The fourth-order valence-corrected chi connectivity index (χ4v) is 5.64. The second kappa shape index (κ2) is 5.61. The lowest BCUT2D eigenvalue weighted by Crippen LogP contribution is -2.40. The smallest absolute Gasteiger partial charge is 0.416 e. The SMILES string of the molecule is O=C(C1CC12CCS(=O)(=O)CC2)N1CCOc2ccc(C(F)(F)F)cc21. The van der Waals surface area contributed by atoms with Crippen LogP contribution in [0.4, 0.5) is 18.9 Å². The number of carbonyl (C=O) groups is 1. The molecule has 1 aliphatic carbocycles. The van der Waals surface area contributed by atoms with Crippen molar-refractivity contribution >= 4 is 21.4 Å². The molecule has 1 atom stereocenters. The number of benzene rings is 1. The number of hydrogen-bond donors (Lipinski definition) is 0. The number of amides is 1. The molecule has 1 unspecified atom stereocenters. The maximum Gasteiger partial charge on any atom is 0.416 e. The van der Waals surface area contributed by atoms with Gasteiger partial charge in [-0.3, -0.25) is 4.79 Å². The number of carbonyl (C=O) groups excluding carboxylic acids is 1. The van der Waals surface area contributed by atoms with Crippen molar-refractivity contribution in [2.45, 2.75) is 25.4 Å². The van der Waals surface area contributed by atoms with Crippen molar-refractivity contribution in [2.24, 2.45) is 11.3 Å². The first-order chi connectivity index (χ1) is 12.1. The van der Waals surface area contributed by atoms with Crippen LogP contribution in [0.2, 0.25) is 0 Å². The van der Waals surface area contributed by atoms with Crippen LogP contribution >= 0.6 is 0 Å². The Morgan fingerprint density at radius 3 is 2.58 bits per heavy atom. The van der Waals surface area contributed by atoms with Crippen molar-refractivity contribution in [1.29, 1.82) is 0 Å². The minimum atomic E-state index is -4.50. The van der Waals surface area contributed by atoms with Gasteiger partial charge in [-0.15, -0.1) is 0 Å². The Labute approximate surface area is 149 Å². The lowest BCUT2D eigenvalue weighted by molar-refractivity contribution is -0.137. The molecule has 1 aromatic carbocycles. The zero-order valence-corrected chi connectivity index (χ0v) is 14.7. The van der Waals surface area contributed by atoms with E-state index in [2.05, 4.69) is 0 Å². The van der Waals surface area contributed by atoms with E-state index >= 15 is 0 Å². The summed E-state index contributed by atoms with van der Waals surface area (Å²) in [5.41, 5.74) is -0.988. The van der Waals surface area contributed by atoms with Gasteiger partial charge in [0.25, 0.3) is 0 Å². The number of ether oxygens (including phenoxy) is 1. The van der Waals surface area contributed by atoms with Gasteiger partial charge in [-0.25, -0.2) is 8.42 Å². The Hall–Kier alpha value is -1.77. The molecule has 2 aliphatic heterocycles. The molecular weight excluding hydrogens is 371 g/mol. The van der Waals surface area contributed by atoms with Crippen molar-refractivity contribution in [3.8, 4) is 5.75 Å². The van der Waals surface area contributed by atoms with Crippen LogP contribution in [0.3, 0.4) is 0 Å². The molecule has 0 aromatic heterocycles. The zero-order chi connectivity index (χ0) is 18.7. The molecule has 26 heavy (non-hydrogen) atoms. The first-order valence-electron chi connectivity index (χ1n) is 8.47. The average Bonchev–Trinajstić information content (AvgIpc) is 3.30. The number of fused-ring (bicyclic) bond motifs is 1. The molecule has 2 heterocycles. The van der Waals surface area contributed by atoms with Crippen LogP contribution in [0.1, 0.15) is 24.8 Å². The topological polar surface area (TPSA) is 63.7 Å². The summed E-state index contributed by atoms with van der Waals surface area (Å²) in [7, 11) is -3.03. The van der Waals surface area contributed by atoms with E-state index in [1.54, 1.807) is 0 Å². The van der Waals surface area contributed by atoms with Crippen LogP contribution in [-0.2, 0) is 20.8 Å². The standard InChI is InChI=1S/C17H18F3NO4S/c18-17(19,20)11-1-2-14-13(9-11)21(5-6-25-14)15(22)12-10-16(12)3-7-26(23,24)8-4-16/h1-2,9,12H,3-8,10H2. The summed E-state index contributed by atoms with van der Waals surface area (Å²) < 4.78 is 67.7. The first kappa shape index (κ1) is 17.6. The fourth-order valence-electron chi connectivity index (χ4n) is 4.01. The van der Waals surface area contributed by atoms with E-state index in [4.69, 9.17) is 4.74 Å². The van der Waals surface area contributed by atoms with Gasteiger partial charge in [0.1, 0.15) is 22.2 Å². The summed E-state index contributed by atoms with van der Waals surface area (Å²) in [5.74, 6) is -0.131. The quantitative estimate of drug-likeness (QED) is 0.741. The van der Waals surface area contributed by atoms with Crippen LogP contribution < -0.4 is 9.64 Å². The van der Waals surface area contributed by atoms with Crippen molar-refractivity contribution < 1.29 is 31.1 Å². The molecule has 1 amide bonds. The summed E-state index contributed by atoms with van der Waals surface area (Å²) in [6.45, 7) is 0.413. The van der Waals surface area contributed by atoms with E-state index < -0.39 is 21.6 Å². The van der Waals surface area contributed by atoms with Crippen LogP contribution in [-0.4, -0.2) is 39.0 Å². The largest absolute Gasteiger partial charge is 0.490 e.